The van der Waals surface area contributed by atoms with Gasteiger partial charge in [-0.15, -0.1) is 0 Å². The van der Waals surface area contributed by atoms with E-state index in [9.17, 15) is 4.79 Å². The molecule has 0 radical (unpaired) electrons. The molecular weight excluding hydrogens is 342 g/mol. The molecule has 140 valence electrons. The quantitative estimate of drug-likeness (QED) is 0.587. The first kappa shape index (κ1) is 17.5. The zero-order valence-electron chi connectivity index (χ0n) is 15.8. The van der Waals surface area contributed by atoms with E-state index in [0.29, 0.717) is 35.5 Å². The number of carbonyl (C=O) groups excluding carboxylic acids is 1. The molecule has 1 amide bonds. The van der Waals surface area contributed by atoms with Crippen LogP contribution in [-0.2, 0) is 11.3 Å². The highest BCUT2D eigenvalue weighted by molar-refractivity contribution is 5.92. The molecule has 2 heterocycles. The number of para-hydroxylation sites is 1. The van der Waals surface area contributed by atoms with Crippen LogP contribution in [0.4, 0.5) is 0 Å². The van der Waals surface area contributed by atoms with Crippen LogP contribution in [0.25, 0.3) is 17.0 Å². The lowest BCUT2D eigenvalue weighted by Crippen LogP contribution is -2.23. The lowest BCUT2D eigenvalue weighted by molar-refractivity contribution is -0.125. The van der Waals surface area contributed by atoms with Crippen LogP contribution in [0.3, 0.4) is 0 Å². The van der Waals surface area contributed by atoms with E-state index in [1.165, 1.54) is 12.5 Å². The highest BCUT2D eigenvalue weighted by Crippen LogP contribution is 2.47. The van der Waals surface area contributed by atoms with Gasteiger partial charge in [-0.05, 0) is 42.7 Å². The molecule has 2 atom stereocenters. The molecule has 0 saturated heterocycles. The molecule has 3 aromatic rings. The van der Waals surface area contributed by atoms with Gasteiger partial charge in [-0.3, -0.25) is 4.79 Å². The molecule has 1 aromatic carbocycles. The summed E-state index contributed by atoms with van der Waals surface area (Å²) in [6.45, 7) is 2.67. The normalized spacial score (nSPS) is 18.9. The molecule has 5 heteroatoms. The summed E-state index contributed by atoms with van der Waals surface area (Å²) in [5.41, 5.74) is 0.679. The van der Waals surface area contributed by atoms with Crippen molar-refractivity contribution in [2.45, 2.75) is 25.8 Å². The Morgan fingerprint density at radius 2 is 2.11 bits per heavy atom. The first-order chi connectivity index (χ1) is 13.0. The molecule has 5 nitrogen and oxygen atoms in total. The molecule has 0 N–H and O–H groups in total. The topological polar surface area (TPSA) is 55.8 Å². The number of amides is 1. The number of hydrogen-bond acceptors (Lipinski definition) is 4. The van der Waals surface area contributed by atoms with Gasteiger partial charge in [-0.25, -0.2) is 0 Å². The first-order valence-electron chi connectivity index (χ1n) is 9.13. The predicted octanol–water partition coefficient (Wildman–Crippen LogP) is 4.83. The predicted molar refractivity (Wildman–Crippen MR) is 104 cm³/mol. The standard InChI is InChI=1S/C22H23NO4/c1-14-11-18(14)19-9-7-17(26-19)13-23(2)21(24)10-8-16-12-15-5-4-6-20(25-3)22(15)27-16/h4-10,12,14,18H,11,13H2,1-3H3/b10-8+/t14-,18-/m1/s1. The molecule has 0 spiro atoms. The summed E-state index contributed by atoms with van der Waals surface area (Å²) in [7, 11) is 3.37. The molecule has 1 fully saturated rings. The van der Waals surface area contributed by atoms with Crippen molar-refractivity contribution in [1.29, 1.82) is 0 Å². The van der Waals surface area contributed by atoms with Crippen LogP contribution in [-0.4, -0.2) is 25.0 Å². The molecular formula is C22H23NO4. The van der Waals surface area contributed by atoms with Crippen molar-refractivity contribution < 1.29 is 18.4 Å². The number of benzene rings is 1. The van der Waals surface area contributed by atoms with Gasteiger partial charge in [0.05, 0.1) is 13.7 Å². The van der Waals surface area contributed by atoms with E-state index in [2.05, 4.69) is 6.92 Å². The number of ether oxygens (including phenoxy) is 1. The average molecular weight is 365 g/mol. The molecule has 1 aliphatic carbocycles. The summed E-state index contributed by atoms with van der Waals surface area (Å²) in [6, 6.07) is 11.6. The Bertz CT molecular complexity index is 997. The van der Waals surface area contributed by atoms with Crippen LogP contribution in [0.15, 0.2) is 51.3 Å². The molecule has 2 aromatic heterocycles. The highest BCUT2D eigenvalue weighted by Gasteiger charge is 2.36. The minimum atomic E-state index is -0.111. The van der Waals surface area contributed by atoms with Gasteiger partial charge in [-0.1, -0.05) is 19.1 Å². The maximum atomic E-state index is 12.4. The van der Waals surface area contributed by atoms with Crippen molar-refractivity contribution in [3.63, 3.8) is 0 Å². The van der Waals surface area contributed by atoms with Gasteiger partial charge >= 0.3 is 0 Å². The van der Waals surface area contributed by atoms with Gasteiger partial charge in [0.25, 0.3) is 0 Å². The van der Waals surface area contributed by atoms with Crippen LogP contribution in [0.1, 0.15) is 36.5 Å². The number of furan rings is 2. The Kier molecular flexibility index (Phi) is 4.52. The Morgan fingerprint density at radius 1 is 1.30 bits per heavy atom. The number of likely N-dealkylation sites (N-methyl/N-ethyl adjacent to an activating group) is 1. The van der Waals surface area contributed by atoms with E-state index in [-0.39, 0.29) is 5.91 Å². The molecule has 0 unspecified atom stereocenters. The zero-order chi connectivity index (χ0) is 19.0. The summed E-state index contributed by atoms with van der Waals surface area (Å²) in [4.78, 5) is 14.0. The van der Waals surface area contributed by atoms with Crippen molar-refractivity contribution >= 4 is 23.0 Å². The SMILES string of the molecule is COc1cccc2cc(/C=C/C(=O)N(C)Cc3ccc([C@@H]4C[C@H]4C)o3)oc12. The Hall–Kier alpha value is -2.95. The summed E-state index contributed by atoms with van der Waals surface area (Å²) >= 11 is 0. The van der Waals surface area contributed by atoms with Gasteiger partial charge in [0.1, 0.15) is 17.3 Å². The maximum absolute atomic E-state index is 12.4. The van der Waals surface area contributed by atoms with Crippen molar-refractivity contribution in [2.24, 2.45) is 5.92 Å². The smallest absolute Gasteiger partial charge is 0.246 e. The second-order valence-electron chi connectivity index (χ2n) is 7.18. The van der Waals surface area contributed by atoms with E-state index >= 15 is 0 Å². The van der Waals surface area contributed by atoms with Crippen molar-refractivity contribution in [2.75, 3.05) is 14.2 Å². The fourth-order valence-electron chi connectivity index (χ4n) is 3.29. The van der Waals surface area contributed by atoms with Gasteiger partial charge in [0.15, 0.2) is 11.3 Å². The van der Waals surface area contributed by atoms with Crippen molar-refractivity contribution in [1.82, 2.24) is 4.90 Å². The van der Waals surface area contributed by atoms with Crippen LogP contribution < -0.4 is 4.74 Å². The lowest BCUT2D eigenvalue weighted by atomic mass is 10.2. The molecule has 4 rings (SSSR count). The van der Waals surface area contributed by atoms with E-state index < -0.39 is 0 Å². The average Bonchev–Trinajstić information content (AvgIpc) is 3.07. The third-order valence-electron chi connectivity index (χ3n) is 5.06. The second kappa shape index (κ2) is 6.99. The third-order valence-corrected chi connectivity index (χ3v) is 5.06. The molecule has 0 bridgehead atoms. The number of carbonyl (C=O) groups is 1. The maximum Gasteiger partial charge on any atom is 0.246 e. The fourth-order valence-corrected chi connectivity index (χ4v) is 3.29. The third kappa shape index (κ3) is 3.63. The summed E-state index contributed by atoms with van der Waals surface area (Å²) in [5, 5.41) is 0.937. The Morgan fingerprint density at radius 3 is 2.85 bits per heavy atom. The highest BCUT2D eigenvalue weighted by atomic mass is 16.5. The van der Waals surface area contributed by atoms with E-state index in [1.54, 1.807) is 25.1 Å². The number of hydrogen-bond donors (Lipinski definition) is 0. The van der Waals surface area contributed by atoms with Crippen LogP contribution in [0.2, 0.25) is 0 Å². The van der Waals surface area contributed by atoms with Crippen molar-refractivity contribution in [3.8, 4) is 5.75 Å². The minimum Gasteiger partial charge on any atom is -0.493 e. The lowest BCUT2D eigenvalue weighted by Gasteiger charge is -2.12. The monoisotopic (exact) mass is 365 g/mol. The molecule has 27 heavy (non-hydrogen) atoms. The second-order valence-corrected chi connectivity index (χ2v) is 7.18. The van der Waals surface area contributed by atoms with E-state index in [0.717, 1.165) is 16.9 Å². The summed E-state index contributed by atoms with van der Waals surface area (Å²) in [5.74, 6) is 4.26. The Labute approximate surface area is 158 Å². The van der Waals surface area contributed by atoms with Crippen LogP contribution >= 0.6 is 0 Å². The summed E-state index contributed by atoms with van der Waals surface area (Å²) in [6.07, 6.45) is 4.38. The molecule has 1 aliphatic rings. The number of fused-ring (bicyclic) bond motifs is 1. The Balaban J connectivity index is 1.41. The van der Waals surface area contributed by atoms with Crippen molar-refractivity contribution in [3.05, 3.63) is 59.8 Å². The van der Waals surface area contributed by atoms with Gasteiger partial charge in [0, 0.05) is 24.4 Å². The molecule has 1 saturated carbocycles. The summed E-state index contributed by atoms with van der Waals surface area (Å²) < 4.78 is 17.0. The van der Waals surface area contributed by atoms with E-state index in [1.807, 2.05) is 36.4 Å². The van der Waals surface area contributed by atoms with Crippen LogP contribution in [0.5, 0.6) is 5.75 Å². The minimum absolute atomic E-state index is 0.111. The van der Waals surface area contributed by atoms with Gasteiger partial charge in [-0.2, -0.15) is 0 Å². The van der Waals surface area contributed by atoms with Crippen LogP contribution in [0, 0.1) is 5.92 Å². The first-order valence-corrected chi connectivity index (χ1v) is 9.13. The molecule has 0 aliphatic heterocycles. The zero-order valence-corrected chi connectivity index (χ0v) is 15.8. The number of methoxy groups -OCH3 is 1. The number of nitrogens with zero attached hydrogens (tertiary/aromatic N) is 1. The van der Waals surface area contributed by atoms with E-state index in [4.69, 9.17) is 13.6 Å². The van der Waals surface area contributed by atoms with Gasteiger partial charge < -0.3 is 18.5 Å². The largest absolute Gasteiger partial charge is 0.493 e. The number of rotatable bonds is 6. The fraction of sp³-hybridized carbons (Fsp3) is 0.318. The van der Waals surface area contributed by atoms with Gasteiger partial charge in [0.2, 0.25) is 5.91 Å².